The highest BCUT2D eigenvalue weighted by Crippen LogP contribution is 2.50. The van der Waals surface area contributed by atoms with Gasteiger partial charge in [0.25, 0.3) is 5.91 Å². The summed E-state index contributed by atoms with van der Waals surface area (Å²) in [6.45, 7) is 3.47. The van der Waals surface area contributed by atoms with Gasteiger partial charge >= 0.3 is 11.6 Å². The fraction of sp³-hybridized carbons (Fsp3) is 0.280. The molecule has 3 N–H and O–H groups in total. The smallest absolute Gasteiger partial charge is 0.349 e. The Bertz CT molecular complexity index is 1490. The summed E-state index contributed by atoms with van der Waals surface area (Å²) in [5.74, 6) is -3.16. The van der Waals surface area contributed by atoms with Crippen LogP contribution in [-0.2, 0) is 14.4 Å². The molecule has 2 saturated heterocycles. The number of fused-ring (bicyclic) bond motifs is 2. The number of nitrogens with one attached hydrogen (secondary N) is 2. The van der Waals surface area contributed by atoms with E-state index >= 15 is 0 Å². The molecule has 0 radical (unpaired) electrons. The molecule has 11 nitrogen and oxygen atoms in total. The highest BCUT2D eigenvalue weighted by molar-refractivity contribution is 8.01. The Kier molecular flexibility index (Phi) is 5.98. The number of aliphatic carboxylic acids is 1. The summed E-state index contributed by atoms with van der Waals surface area (Å²) in [4.78, 5) is 68.9. The van der Waals surface area contributed by atoms with Crippen LogP contribution in [0.5, 0.6) is 0 Å². The molecule has 1 aromatic carbocycles. The Morgan fingerprint density at radius 3 is 2.57 bits per heavy atom. The third-order valence-corrected chi connectivity index (χ3v) is 7.96. The number of carboxylic acid groups (broad SMARTS) is 1. The number of β-lactam (4-membered cyclic amide) rings is 1. The SMILES string of the molecule is CC1(C)S[C@@H]2[C@H](NC(=O)C(NC(=O)c3cc4ncccc4oc3=O)c3ccccc3)C(=O)N2[C@H]1C(=O)O. The number of carboxylic acids is 1. The molecule has 2 aromatic heterocycles. The molecule has 0 spiro atoms. The van der Waals surface area contributed by atoms with Gasteiger partial charge in [-0.25, -0.2) is 9.59 Å². The van der Waals surface area contributed by atoms with Gasteiger partial charge in [-0.05, 0) is 37.6 Å². The molecule has 1 unspecified atom stereocenters. The number of thioether (sulfide) groups is 1. The lowest BCUT2D eigenvalue weighted by Crippen LogP contribution is -2.71. The molecule has 0 aliphatic carbocycles. The molecular weight excluding hydrogens is 500 g/mol. The summed E-state index contributed by atoms with van der Waals surface area (Å²) in [6.07, 6.45) is 1.49. The normalized spacial score (nSPS) is 22.6. The fourth-order valence-electron chi connectivity index (χ4n) is 4.64. The predicted octanol–water partition coefficient (Wildman–Crippen LogP) is 1.29. The van der Waals surface area contributed by atoms with Gasteiger partial charge in [0.15, 0.2) is 5.58 Å². The first kappa shape index (κ1) is 24.5. The third kappa shape index (κ3) is 4.22. The van der Waals surface area contributed by atoms with Crippen LogP contribution in [0.2, 0.25) is 0 Å². The zero-order valence-electron chi connectivity index (χ0n) is 19.7. The second-order valence-electron chi connectivity index (χ2n) is 9.24. The van der Waals surface area contributed by atoms with E-state index < -0.39 is 57.6 Å². The van der Waals surface area contributed by atoms with Crippen LogP contribution in [0, 0.1) is 0 Å². The third-order valence-electron chi connectivity index (χ3n) is 6.39. The highest BCUT2D eigenvalue weighted by atomic mass is 32.2. The molecule has 5 rings (SSSR count). The van der Waals surface area contributed by atoms with Crippen LogP contribution < -0.4 is 16.3 Å². The highest BCUT2D eigenvalue weighted by Gasteiger charge is 2.64. The van der Waals surface area contributed by atoms with E-state index in [0.29, 0.717) is 11.1 Å². The summed E-state index contributed by atoms with van der Waals surface area (Å²) in [5.41, 5.74) is -0.293. The molecule has 3 aromatic rings. The maximum atomic E-state index is 13.4. The molecule has 2 aliphatic rings. The summed E-state index contributed by atoms with van der Waals surface area (Å²) in [6, 6.07) is 9.53. The van der Waals surface area contributed by atoms with Crippen LogP contribution in [0.4, 0.5) is 0 Å². The van der Waals surface area contributed by atoms with E-state index in [4.69, 9.17) is 4.42 Å². The van der Waals surface area contributed by atoms with Crippen molar-refractivity contribution in [1.82, 2.24) is 20.5 Å². The van der Waals surface area contributed by atoms with Crippen LogP contribution in [-0.4, -0.2) is 60.9 Å². The zero-order chi connectivity index (χ0) is 26.5. The number of pyridine rings is 1. The van der Waals surface area contributed by atoms with E-state index in [2.05, 4.69) is 15.6 Å². The number of aromatic nitrogens is 1. The molecule has 12 heteroatoms. The van der Waals surface area contributed by atoms with Crippen LogP contribution in [0.3, 0.4) is 0 Å². The maximum Gasteiger partial charge on any atom is 0.349 e. The molecule has 4 atom stereocenters. The van der Waals surface area contributed by atoms with Crippen LogP contribution in [0.15, 0.2) is 63.9 Å². The van der Waals surface area contributed by atoms with Gasteiger partial charge in [0, 0.05) is 10.9 Å². The summed E-state index contributed by atoms with van der Waals surface area (Å²) in [7, 11) is 0. The topological polar surface area (TPSA) is 159 Å². The standard InChI is InChI=1S/C25H22N4O7S/c1-25(2)18(23(33)34)29-21(32)17(22(29)37-25)28-20(31)16(12-7-4-3-5-8-12)27-19(30)13-11-14-15(36-24(13)35)9-6-10-26-14/h3-11,16-18,22H,1-2H3,(H,27,30)(H,28,31)(H,33,34)/t16?,17-,18+,22-/m1/s1. The molecule has 0 saturated carbocycles. The summed E-state index contributed by atoms with van der Waals surface area (Å²) in [5, 5.41) is 14.3. The first-order chi connectivity index (χ1) is 17.6. The number of hydrogen-bond donors (Lipinski definition) is 3. The minimum Gasteiger partial charge on any atom is -0.480 e. The van der Waals surface area contributed by atoms with Gasteiger partial charge < -0.3 is 25.1 Å². The van der Waals surface area contributed by atoms with Crippen molar-refractivity contribution >= 4 is 46.6 Å². The van der Waals surface area contributed by atoms with E-state index in [1.807, 2.05) is 0 Å². The molecule has 3 amide bonds. The molecule has 2 aliphatic heterocycles. The van der Waals surface area contributed by atoms with E-state index in [9.17, 15) is 29.1 Å². The molecule has 0 bridgehead atoms. The van der Waals surface area contributed by atoms with Gasteiger partial charge in [0.05, 0.1) is 0 Å². The Hall–Kier alpha value is -4.19. The molecule has 4 heterocycles. The van der Waals surface area contributed by atoms with Gasteiger partial charge in [-0.1, -0.05) is 30.3 Å². The van der Waals surface area contributed by atoms with Crippen molar-refractivity contribution < 1.29 is 28.7 Å². The summed E-state index contributed by atoms with van der Waals surface area (Å²) >= 11 is 1.29. The van der Waals surface area contributed by atoms with Crippen molar-refractivity contribution in [3.8, 4) is 0 Å². The average molecular weight is 523 g/mol. The first-order valence-corrected chi connectivity index (χ1v) is 12.2. The number of benzene rings is 1. The molecule has 2 fully saturated rings. The predicted molar refractivity (Wildman–Crippen MR) is 133 cm³/mol. The van der Waals surface area contributed by atoms with Crippen molar-refractivity contribution in [3.63, 3.8) is 0 Å². The van der Waals surface area contributed by atoms with E-state index in [1.165, 1.54) is 28.9 Å². The fourth-order valence-corrected chi connectivity index (χ4v) is 6.27. The Morgan fingerprint density at radius 1 is 1.14 bits per heavy atom. The lowest BCUT2D eigenvalue weighted by molar-refractivity contribution is -0.161. The minimum absolute atomic E-state index is 0.214. The number of hydrogen-bond acceptors (Lipinski definition) is 8. The van der Waals surface area contributed by atoms with E-state index in [1.54, 1.807) is 56.3 Å². The summed E-state index contributed by atoms with van der Waals surface area (Å²) < 4.78 is 4.43. The molecule has 37 heavy (non-hydrogen) atoms. The van der Waals surface area contributed by atoms with Crippen molar-refractivity contribution in [2.24, 2.45) is 0 Å². The number of amides is 3. The second-order valence-corrected chi connectivity index (χ2v) is 11.0. The number of carbonyl (C=O) groups is 4. The molecule has 190 valence electrons. The number of rotatable bonds is 6. The van der Waals surface area contributed by atoms with Gasteiger partial charge in [-0.2, -0.15) is 0 Å². The second kappa shape index (κ2) is 9.04. The lowest BCUT2D eigenvalue weighted by Gasteiger charge is -2.44. The van der Waals surface area contributed by atoms with E-state index in [-0.39, 0.29) is 11.1 Å². The lowest BCUT2D eigenvalue weighted by atomic mass is 9.95. The minimum atomic E-state index is -1.25. The van der Waals surface area contributed by atoms with Gasteiger partial charge in [0.2, 0.25) is 11.8 Å². The maximum absolute atomic E-state index is 13.4. The molecular formula is C25H22N4O7S. The van der Waals surface area contributed by atoms with Gasteiger partial charge in [-0.15, -0.1) is 11.8 Å². The van der Waals surface area contributed by atoms with E-state index in [0.717, 1.165) is 0 Å². The van der Waals surface area contributed by atoms with Gasteiger partial charge in [0.1, 0.15) is 34.6 Å². The van der Waals surface area contributed by atoms with Crippen molar-refractivity contribution in [2.75, 3.05) is 0 Å². The quantitative estimate of drug-likeness (QED) is 0.406. The zero-order valence-corrected chi connectivity index (χ0v) is 20.5. The van der Waals surface area contributed by atoms with Crippen LogP contribution >= 0.6 is 11.8 Å². The Labute approximate surface area is 214 Å². The van der Waals surface area contributed by atoms with Crippen LogP contribution in [0.1, 0.15) is 35.8 Å². The Balaban J connectivity index is 1.39. The number of nitrogens with zero attached hydrogens (tertiary/aromatic N) is 2. The monoisotopic (exact) mass is 522 g/mol. The van der Waals surface area contributed by atoms with Crippen molar-refractivity contribution in [2.45, 2.75) is 42.1 Å². The van der Waals surface area contributed by atoms with Crippen molar-refractivity contribution in [1.29, 1.82) is 0 Å². The van der Waals surface area contributed by atoms with Gasteiger partial charge in [-0.3, -0.25) is 19.4 Å². The van der Waals surface area contributed by atoms with Crippen LogP contribution in [0.25, 0.3) is 11.1 Å². The number of carbonyl (C=O) groups excluding carboxylic acids is 3. The van der Waals surface area contributed by atoms with Crippen molar-refractivity contribution in [3.05, 3.63) is 76.3 Å². The Morgan fingerprint density at radius 2 is 1.86 bits per heavy atom. The largest absolute Gasteiger partial charge is 0.480 e. The average Bonchev–Trinajstić information content (AvgIpc) is 3.13. The first-order valence-electron chi connectivity index (χ1n) is 11.4.